The molecule has 15 heavy (non-hydrogen) atoms. The maximum Gasteiger partial charge on any atom is 0.270 e. The van der Waals surface area contributed by atoms with Gasteiger partial charge in [-0.15, -0.1) is 11.3 Å². The number of aryl methyl sites for hydroxylation is 1. The summed E-state index contributed by atoms with van der Waals surface area (Å²) in [5.41, 5.74) is 0.744. The van der Waals surface area contributed by atoms with Crippen LogP contribution < -0.4 is 0 Å². The van der Waals surface area contributed by atoms with Gasteiger partial charge >= 0.3 is 0 Å². The van der Waals surface area contributed by atoms with E-state index < -0.39 is 9.05 Å². The van der Waals surface area contributed by atoms with Crippen molar-refractivity contribution in [1.82, 2.24) is 5.16 Å². The van der Waals surface area contributed by atoms with Crippen molar-refractivity contribution in [3.8, 4) is 10.6 Å². The first kappa shape index (κ1) is 10.7. The summed E-state index contributed by atoms with van der Waals surface area (Å²) in [6, 6.07) is 4.82. The van der Waals surface area contributed by atoms with E-state index >= 15 is 0 Å². The molecule has 0 aliphatic carbocycles. The van der Waals surface area contributed by atoms with Crippen LogP contribution in [-0.4, -0.2) is 13.6 Å². The molecule has 0 aliphatic rings. The largest absolute Gasteiger partial charge is 0.355 e. The molecule has 0 aromatic carbocycles. The van der Waals surface area contributed by atoms with Gasteiger partial charge in [-0.2, -0.15) is 0 Å². The zero-order valence-corrected chi connectivity index (χ0v) is 9.99. The smallest absolute Gasteiger partial charge is 0.270 e. The number of hydrogen-bond acceptors (Lipinski definition) is 5. The number of thiophene rings is 1. The number of hydrogen-bond donors (Lipinski definition) is 0. The lowest BCUT2D eigenvalue weighted by atomic mass is 10.3. The lowest BCUT2D eigenvalue weighted by molar-refractivity contribution is 0.428. The summed E-state index contributed by atoms with van der Waals surface area (Å²) in [6.07, 6.45) is 0. The van der Waals surface area contributed by atoms with Crippen molar-refractivity contribution >= 4 is 31.1 Å². The quantitative estimate of drug-likeness (QED) is 0.782. The van der Waals surface area contributed by atoms with Crippen molar-refractivity contribution in [2.24, 2.45) is 0 Å². The maximum absolute atomic E-state index is 11.0. The average molecular weight is 264 g/mol. The van der Waals surface area contributed by atoms with Gasteiger partial charge in [-0.25, -0.2) is 8.42 Å². The van der Waals surface area contributed by atoms with E-state index in [1.807, 2.05) is 0 Å². The van der Waals surface area contributed by atoms with E-state index in [-0.39, 0.29) is 4.21 Å². The van der Waals surface area contributed by atoms with Crippen molar-refractivity contribution in [1.29, 1.82) is 0 Å². The van der Waals surface area contributed by atoms with Crippen LogP contribution >= 0.6 is 22.0 Å². The number of aromatic nitrogens is 1. The van der Waals surface area contributed by atoms with Crippen molar-refractivity contribution in [3.05, 3.63) is 23.9 Å². The maximum atomic E-state index is 11.0. The third kappa shape index (κ3) is 2.22. The second-order valence-corrected chi connectivity index (χ2v) is 6.77. The van der Waals surface area contributed by atoms with E-state index in [1.54, 1.807) is 19.1 Å². The molecule has 0 N–H and O–H groups in total. The van der Waals surface area contributed by atoms with Crippen LogP contribution in [0.25, 0.3) is 10.6 Å². The molecular formula is C8H6ClNO3S2. The SMILES string of the molecule is Cc1cc(-c2ccc(S(=O)(=O)Cl)s2)on1. The van der Waals surface area contributed by atoms with Crippen LogP contribution in [-0.2, 0) is 9.05 Å². The van der Waals surface area contributed by atoms with E-state index in [1.165, 1.54) is 6.07 Å². The van der Waals surface area contributed by atoms with Crippen LogP contribution in [0.1, 0.15) is 5.69 Å². The summed E-state index contributed by atoms with van der Waals surface area (Å²) in [5, 5.41) is 3.71. The fraction of sp³-hybridized carbons (Fsp3) is 0.125. The van der Waals surface area contributed by atoms with E-state index in [4.69, 9.17) is 15.2 Å². The molecule has 2 aromatic heterocycles. The first-order chi connectivity index (χ1) is 6.97. The highest BCUT2D eigenvalue weighted by molar-refractivity contribution is 8.15. The van der Waals surface area contributed by atoms with Gasteiger partial charge in [-0.1, -0.05) is 5.16 Å². The fourth-order valence-corrected chi connectivity index (χ4v) is 3.08. The molecule has 7 heteroatoms. The van der Waals surface area contributed by atoms with Crippen molar-refractivity contribution in [2.75, 3.05) is 0 Å². The Bertz CT molecular complexity index is 585. The molecule has 0 saturated heterocycles. The highest BCUT2D eigenvalue weighted by Crippen LogP contribution is 2.32. The van der Waals surface area contributed by atoms with Crippen LogP contribution in [0.15, 0.2) is 26.9 Å². The predicted octanol–water partition coefficient (Wildman–Crippen LogP) is 2.64. The van der Waals surface area contributed by atoms with E-state index in [0.717, 1.165) is 17.0 Å². The molecule has 0 unspecified atom stereocenters. The first-order valence-corrected chi connectivity index (χ1v) is 7.07. The third-order valence-corrected chi connectivity index (χ3v) is 4.89. The molecule has 0 aliphatic heterocycles. The normalized spacial score (nSPS) is 11.9. The Morgan fingerprint density at radius 2 is 2.20 bits per heavy atom. The van der Waals surface area contributed by atoms with Crippen LogP contribution in [0, 0.1) is 6.92 Å². The van der Waals surface area contributed by atoms with Crippen molar-refractivity contribution < 1.29 is 12.9 Å². The van der Waals surface area contributed by atoms with Gasteiger partial charge in [0.1, 0.15) is 4.21 Å². The van der Waals surface area contributed by atoms with Gasteiger partial charge in [0.25, 0.3) is 9.05 Å². The molecule has 0 fully saturated rings. The molecule has 80 valence electrons. The van der Waals surface area contributed by atoms with Gasteiger partial charge in [0.15, 0.2) is 5.76 Å². The van der Waals surface area contributed by atoms with Gasteiger partial charge in [0.05, 0.1) is 10.6 Å². The predicted molar refractivity (Wildman–Crippen MR) is 57.6 cm³/mol. The molecule has 2 aromatic rings. The van der Waals surface area contributed by atoms with Gasteiger partial charge in [-0.3, -0.25) is 0 Å². The average Bonchev–Trinajstić information content (AvgIpc) is 2.69. The monoisotopic (exact) mass is 263 g/mol. The summed E-state index contributed by atoms with van der Waals surface area (Å²) in [6.45, 7) is 1.79. The van der Waals surface area contributed by atoms with Crippen molar-refractivity contribution in [3.63, 3.8) is 0 Å². The zero-order valence-electron chi connectivity index (χ0n) is 7.60. The first-order valence-electron chi connectivity index (χ1n) is 3.95. The minimum Gasteiger partial charge on any atom is -0.355 e. The minimum atomic E-state index is -3.65. The van der Waals surface area contributed by atoms with Gasteiger partial charge in [0, 0.05) is 16.7 Å². The topological polar surface area (TPSA) is 60.2 Å². The summed E-state index contributed by atoms with van der Waals surface area (Å²) in [5.74, 6) is 0.545. The molecule has 4 nitrogen and oxygen atoms in total. The molecule has 0 radical (unpaired) electrons. The Morgan fingerprint density at radius 1 is 1.47 bits per heavy atom. The number of halogens is 1. The highest BCUT2D eigenvalue weighted by Gasteiger charge is 2.15. The van der Waals surface area contributed by atoms with Gasteiger partial charge in [-0.05, 0) is 19.1 Å². The molecule has 0 spiro atoms. The second kappa shape index (κ2) is 3.62. The molecule has 2 heterocycles. The standard InChI is InChI=1S/C8H6ClNO3S2/c1-5-4-6(13-10-5)7-2-3-8(14-7)15(9,11)12/h2-4H,1H3. The van der Waals surface area contributed by atoms with Crippen LogP contribution in [0.3, 0.4) is 0 Å². The minimum absolute atomic E-state index is 0.105. The van der Waals surface area contributed by atoms with Gasteiger partial charge < -0.3 is 4.52 Å². The Kier molecular flexibility index (Phi) is 2.57. The van der Waals surface area contributed by atoms with Crippen LogP contribution in [0.5, 0.6) is 0 Å². The molecular weight excluding hydrogens is 258 g/mol. The lowest BCUT2D eigenvalue weighted by Gasteiger charge is -1.87. The van der Waals surface area contributed by atoms with Crippen LogP contribution in [0.2, 0.25) is 0 Å². The Morgan fingerprint density at radius 3 is 2.67 bits per heavy atom. The molecule has 0 saturated carbocycles. The Balaban J connectivity index is 2.44. The van der Waals surface area contributed by atoms with E-state index in [0.29, 0.717) is 10.6 Å². The fourth-order valence-electron chi connectivity index (χ4n) is 1.06. The zero-order chi connectivity index (χ0) is 11.1. The van der Waals surface area contributed by atoms with E-state index in [9.17, 15) is 8.42 Å². The number of rotatable bonds is 2. The van der Waals surface area contributed by atoms with Crippen molar-refractivity contribution in [2.45, 2.75) is 11.1 Å². The van der Waals surface area contributed by atoms with E-state index in [2.05, 4.69) is 5.16 Å². The molecule has 0 atom stereocenters. The second-order valence-electron chi connectivity index (χ2n) is 2.89. The Labute approximate surface area is 94.9 Å². The third-order valence-electron chi connectivity index (χ3n) is 1.69. The summed E-state index contributed by atoms with van der Waals surface area (Å²) >= 11 is 1.05. The summed E-state index contributed by atoms with van der Waals surface area (Å²) in [7, 11) is 1.55. The summed E-state index contributed by atoms with van der Waals surface area (Å²) in [4.78, 5) is 0.690. The molecule has 0 bridgehead atoms. The van der Waals surface area contributed by atoms with Crippen LogP contribution in [0.4, 0.5) is 0 Å². The number of nitrogens with zero attached hydrogens (tertiary/aromatic N) is 1. The molecule has 2 rings (SSSR count). The highest BCUT2D eigenvalue weighted by atomic mass is 35.7. The Hall–Kier alpha value is -0.850. The lowest BCUT2D eigenvalue weighted by Crippen LogP contribution is -1.82. The van der Waals surface area contributed by atoms with Gasteiger partial charge in [0.2, 0.25) is 0 Å². The summed E-state index contributed by atoms with van der Waals surface area (Å²) < 4.78 is 27.1. The molecule has 0 amide bonds.